The van der Waals surface area contributed by atoms with E-state index in [1.54, 1.807) is 18.2 Å². The third-order valence-corrected chi connectivity index (χ3v) is 5.30. The molecule has 4 rings (SSSR count). The monoisotopic (exact) mass is 347 g/mol. The van der Waals surface area contributed by atoms with E-state index in [-0.39, 0.29) is 5.82 Å². The van der Waals surface area contributed by atoms with Crippen molar-refractivity contribution in [2.24, 2.45) is 11.8 Å². The standard InChI is InChI=1S/C14H18ClNO.C6H5F/c15-11-3-4-14-13(6-11)12-5-9(8-17)1-2-10(12)7-16-14;7-6-4-2-1-3-5-6/h3-4,6,9-10,12,16-17H,1-2,5,7-8H2;1-5H. The highest BCUT2D eigenvalue weighted by atomic mass is 35.5. The van der Waals surface area contributed by atoms with Gasteiger partial charge in [-0.25, -0.2) is 4.39 Å². The SMILES string of the molecule is Fc1ccccc1.OCC1CCC2CNc3ccc(Cl)cc3C2C1. The van der Waals surface area contributed by atoms with Gasteiger partial charge in [0.2, 0.25) is 0 Å². The van der Waals surface area contributed by atoms with Gasteiger partial charge in [0.05, 0.1) is 0 Å². The lowest BCUT2D eigenvalue weighted by atomic mass is 9.69. The zero-order valence-corrected chi connectivity index (χ0v) is 14.3. The third kappa shape index (κ3) is 4.08. The molecule has 2 aromatic rings. The molecule has 0 radical (unpaired) electrons. The van der Waals surface area contributed by atoms with Crippen LogP contribution in [0.1, 0.15) is 30.7 Å². The average Bonchev–Trinajstić information content (AvgIpc) is 2.62. The van der Waals surface area contributed by atoms with Gasteiger partial charge in [-0.05, 0) is 72.9 Å². The molecule has 0 saturated heterocycles. The maximum atomic E-state index is 11.9. The zero-order chi connectivity index (χ0) is 16.9. The minimum atomic E-state index is -0.178. The minimum absolute atomic E-state index is 0.178. The summed E-state index contributed by atoms with van der Waals surface area (Å²) in [5.41, 5.74) is 2.58. The summed E-state index contributed by atoms with van der Waals surface area (Å²) < 4.78 is 11.9. The molecule has 0 aromatic heterocycles. The van der Waals surface area contributed by atoms with Crippen LogP contribution in [0.4, 0.5) is 10.1 Å². The van der Waals surface area contributed by atoms with E-state index in [1.807, 2.05) is 6.07 Å². The molecule has 1 fully saturated rings. The van der Waals surface area contributed by atoms with Gasteiger partial charge in [-0.2, -0.15) is 0 Å². The Kier molecular flexibility index (Phi) is 5.75. The summed E-state index contributed by atoms with van der Waals surface area (Å²) in [6, 6.07) is 14.1. The summed E-state index contributed by atoms with van der Waals surface area (Å²) in [6.07, 6.45) is 3.49. The number of aliphatic hydroxyl groups is 1. The number of aliphatic hydroxyl groups excluding tert-OH is 1. The summed E-state index contributed by atoms with van der Waals surface area (Å²) >= 11 is 6.10. The molecular weight excluding hydrogens is 325 g/mol. The average molecular weight is 348 g/mol. The van der Waals surface area contributed by atoms with E-state index in [1.165, 1.54) is 29.8 Å². The molecule has 1 saturated carbocycles. The molecule has 1 aliphatic carbocycles. The van der Waals surface area contributed by atoms with Crippen LogP contribution in [0.5, 0.6) is 0 Å². The van der Waals surface area contributed by atoms with Crippen molar-refractivity contribution < 1.29 is 9.50 Å². The number of hydrogen-bond donors (Lipinski definition) is 2. The van der Waals surface area contributed by atoms with Gasteiger partial charge in [-0.1, -0.05) is 29.8 Å². The van der Waals surface area contributed by atoms with Crippen molar-refractivity contribution >= 4 is 17.3 Å². The fourth-order valence-corrected chi connectivity index (χ4v) is 3.95. The molecule has 128 valence electrons. The first kappa shape index (κ1) is 17.2. The largest absolute Gasteiger partial charge is 0.396 e. The number of halogens is 2. The van der Waals surface area contributed by atoms with Gasteiger partial charge >= 0.3 is 0 Å². The van der Waals surface area contributed by atoms with Crippen molar-refractivity contribution in [2.75, 3.05) is 18.5 Å². The van der Waals surface area contributed by atoms with Gasteiger partial charge in [-0.15, -0.1) is 0 Å². The van der Waals surface area contributed by atoms with Gasteiger partial charge in [0, 0.05) is 23.9 Å². The highest BCUT2D eigenvalue weighted by Gasteiger charge is 2.35. The van der Waals surface area contributed by atoms with E-state index in [4.69, 9.17) is 11.6 Å². The Morgan fingerprint density at radius 1 is 1.12 bits per heavy atom. The molecule has 2 N–H and O–H groups in total. The summed E-state index contributed by atoms with van der Waals surface area (Å²) in [7, 11) is 0. The smallest absolute Gasteiger partial charge is 0.123 e. The Bertz CT molecular complexity index is 664. The molecule has 3 atom stereocenters. The predicted octanol–water partition coefficient (Wildman–Crippen LogP) is 5.08. The fourth-order valence-electron chi connectivity index (χ4n) is 3.77. The topological polar surface area (TPSA) is 32.3 Å². The van der Waals surface area contributed by atoms with E-state index < -0.39 is 0 Å². The summed E-state index contributed by atoms with van der Waals surface area (Å²) in [5, 5.41) is 13.7. The molecule has 2 nitrogen and oxygen atoms in total. The van der Waals surface area contributed by atoms with Crippen LogP contribution in [-0.2, 0) is 0 Å². The number of anilines is 1. The second-order valence-electron chi connectivity index (χ2n) is 6.64. The van der Waals surface area contributed by atoms with Gasteiger partial charge in [0.25, 0.3) is 0 Å². The van der Waals surface area contributed by atoms with E-state index >= 15 is 0 Å². The van der Waals surface area contributed by atoms with Crippen molar-refractivity contribution in [3.8, 4) is 0 Å². The summed E-state index contributed by atoms with van der Waals surface area (Å²) in [6.45, 7) is 1.39. The predicted molar refractivity (Wildman–Crippen MR) is 97.0 cm³/mol. The van der Waals surface area contributed by atoms with Crippen LogP contribution in [0.2, 0.25) is 5.02 Å². The normalized spacial score (nSPS) is 24.7. The third-order valence-electron chi connectivity index (χ3n) is 5.06. The molecule has 0 amide bonds. The van der Waals surface area contributed by atoms with E-state index in [2.05, 4.69) is 17.4 Å². The number of rotatable bonds is 1. The fraction of sp³-hybridized carbons (Fsp3) is 0.400. The summed E-state index contributed by atoms with van der Waals surface area (Å²) in [4.78, 5) is 0. The maximum absolute atomic E-state index is 11.9. The van der Waals surface area contributed by atoms with Crippen LogP contribution in [0.3, 0.4) is 0 Å². The number of nitrogens with one attached hydrogen (secondary N) is 1. The first-order valence-electron chi connectivity index (χ1n) is 8.52. The van der Waals surface area contributed by atoms with Gasteiger partial charge in [0.1, 0.15) is 5.82 Å². The summed E-state index contributed by atoms with van der Waals surface area (Å²) in [5.74, 6) is 1.59. The highest BCUT2D eigenvalue weighted by Crippen LogP contribution is 2.46. The van der Waals surface area contributed by atoms with E-state index in [9.17, 15) is 9.50 Å². The Balaban J connectivity index is 0.000000203. The molecule has 3 unspecified atom stereocenters. The number of benzene rings is 2. The first-order valence-corrected chi connectivity index (χ1v) is 8.90. The Morgan fingerprint density at radius 3 is 2.58 bits per heavy atom. The lowest BCUT2D eigenvalue weighted by molar-refractivity contribution is 0.152. The van der Waals surface area contributed by atoms with Gasteiger partial charge in [0.15, 0.2) is 0 Å². The Morgan fingerprint density at radius 2 is 1.92 bits per heavy atom. The van der Waals surface area contributed by atoms with Crippen LogP contribution in [0.25, 0.3) is 0 Å². The molecule has 0 spiro atoms. The van der Waals surface area contributed by atoms with Crippen LogP contribution >= 0.6 is 11.6 Å². The maximum Gasteiger partial charge on any atom is 0.123 e. The van der Waals surface area contributed by atoms with Crippen molar-refractivity contribution in [1.82, 2.24) is 0 Å². The Hall–Kier alpha value is -1.58. The number of fused-ring (bicyclic) bond motifs is 3. The molecule has 4 heteroatoms. The van der Waals surface area contributed by atoms with Crippen molar-refractivity contribution in [2.45, 2.75) is 25.2 Å². The molecule has 24 heavy (non-hydrogen) atoms. The van der Waals surface area contributed by atoms with Crippen LogP contribution in [0, 0.1) is 17.7 Å². The molecular formula is C20H23ClFNO. The van der Waals surface area contributed by atoms with Crippen LogP contribution < -0.4 is 5.32 Å². The van der Waals surface area contributed by atoms with Crippen molar-refractivity contribution in [3.05, 3.63) is 64.9 Å². The second-order valence-corrected chi connectivity index (χ2v) is 7.07. The van der Waals surface area contributed by atoms with Crippen molar-refractivity contribution in [3.63, 3.8) is 0 Å². The molecule has 2 aliphatic rings. The van der Waals surface area contributed by atoms with E-state index in [0.29, 0.717) is 24.4 Å². The van der Waals surface area contributed by atoms with Crippen molar-refractivity contribution in [1.29, 1.82) is 0 Å². The Labute approximate surface area is 147 Å². The molecule has 1 heterocycles. The van der Waals surface area contributed by atoms with Gasteiger partial charge in [-0.3, -0.25) is 0 Å². The lowest BCUT2D eigenvalue weighted by Crippen LogP contribution is -2.33. The second kappa shape index (κ2) is 8.00. The molecule has 0 bridgehead atoms. The van der Waals surface area contributed by atoms with Crippen LogP contribution in [0.15, 0.2) is 48.5 Å². The zero-order valence-electron chi connectivity index (χ0n) is 13.6. The van der Waals surface area contributed by atoms with Gasteiger partial charge < -0.3 is 10.4 Å². The highest BCUT2D eigenvalue weighted by molar-refractivity contribution is 6.30. The van der Waals surface area contributed by atoms with Crippen LogP contribution in [-0.4, -0.2) is 18.3 Å². The quantitative estimate of drug-likeness (QED) is 0.753. The minimum Gasteiger partial charge on any atom is -0.396 e. The molecule has 2 aromatic carbocycles. The molecule has 1 aliphatic heterocycles. The van der Waals surface area contributed by atoms with E-state index in [0.717, 1.165) is 24.4 Å². The first-order chi connectivity index (χ1) is 11.7. The lowest BCUT2D eigenvalue weighted by Gasteiger charge is -2.40. The number of hydrogen-bond acceptors (Lipinski definition) is 2.